The Morgan fingerprint density at radius 2 is 1.64 bits per heavy atom. The van der Waals surface area contributed by atoms with Crippen LogP contribution >= 0.6 is 0 Å². The minimum atomic E-state index is -1.10. The number of benzene rings is 1. The summed E-state index contributed by atoms with van der Waals surface area (Å²) in [5.41, 5.74) is 1.18. The number of rotatable bonds is 5. The summed E-state index contributed by atoms with van der Waals surface area (Å²) in [6.07, 6.45) is -2.78. The summed E-state index contributed by atoms with van der Waals surface area (Å²) >= 11 is 0. The molecule has 0 spiro atoms. The second kappa shape index (κ2) is 7.61. The summed E-state index contributed by atoms with van der Waals surface area (Å²) in [6, 6.07) is 7.43. The maximum Gasteiger partial charge on any atom is 0.407 e. The van der Waals surface area contributed by atoms with Crippen LogP contribution in [0.5, 0.6) is 0 Å². The molecular formula is C17H27NO4. The number of alkyl carbamates (subject to hydrolysis) is 1. The number of nitrogens with one attached hydrogen (secondary N) is 1. The van der Waals surface area contributed by atoms with Gasteiger partial charge in [0.25, 0.3) is 0 Å². The molecule has 1 amide bonds. The van der Waals surface area contributed by atoms with E-state index in [1.165, 1.54) is 0 Å². The van der Waals surface area contributed by atoms with Gasteiger partial charge in [0.1, 0.15) is 17.8 Å². The number of ether oxygens (including phenoxy) is 1. The lowest BCUT2D eigenvalue weighted by atomic mass is 9.98. The summed E-state index contributed by atoms with van der Waals surface area (Å²) < 4.78 is 5.07. The molecule has 3 N–H and O–H groups in total. The van der Waals surface area contributed by atoms with Crippen molar-refractivity contribution < 1.29 is 19.7 Å². The van der Waals surface area contributed by atoms with Crippen LogP contribution in [0.2, 0.25) is 0 Å². The molecule has 0 aliphatic carbocycles. The van der Waals surface area contributed by atoms with E-state index in [0.717, 1.165) is 5.56 Å². The third-order valence-corrected chi connectivity index (χ3v) is 3.16. The van der Waals surface area contributed by atoms with E-state index < -0.39 is 23.9 Å². The predicted molar refractivity (Wildman–Crippen MR) is 85.7 cm³/mol. The molecule has 2 atom stereocenters. The average Bonchev–Trinajstić information content (AvgIpc) is 2.42. The Morgan fingerprint density at radius 1 is 1.14 bits per heavy atom. The van der Waals surface area contributed by atoms with Crippen LogP contribution in [-0.4, -0.2) is 34.6 Å². The highest BCUT2D eigenvalue weighted by Gasteiger charge is 2.21. The molecule has 1 aromatic rings. The molecule has 0 saturated heterocycles. The molecule has 0 radical (unpaired) electrons. The lowest BCUT2D eigenvalue weighted by Crippen LogP contribution is -2.38. The van der Waals surface area contributed by atoms with E-state index in [2.05, 4.69) is 19.2 Å². The van der Waals surface area contributed by atoms with Crippen molar-refractivity contribution >= 4 is 6.09 Å². The molecule has 0 heterocycles. The topological polar surface area (TPSA) is 78.8 Å². The standard InChI is InChI=1S/C17H27NO4/c1-11(2)12-6-8-13(9-7-12)15(20)14(19)10-18-16(21)22-17(3,4)5/h6-9,11,14-15,19-20H,10H2,1-5H3,(H,18,21). The third-order valence-electron chi connectivity index (χ3n) is 3.16. The molecule has 0 aromatic heterocycles. The molecule has 0 aliphatic rings. The lowest BCUT2D eigenvalue weighted by molar-refractivity contribution is 0.0129. The van der Waals surface area contributed by atoms with E-state index in [4.69, 9.17) is 4.74 Å². The number of aliphatic hydroxyl groups excluding tert-OH is 2. The monoisotopic (exact) mass is 309 g/mol. The number of hydrogen-bond acceptors (Lipinski definition) is 4. The van der Waals surface area contributed by atoms with Crippen LogP contribution in [0.1, 0.15) is 57.8 Å². The summed E-state index contributed by atoms with van der Waals surface area (Å²) in [5, 5.41) is 22.5. The van der Waals surface area contributed by atoms with Crippen molar-refractivity contribution in [3.8, 4) is 0 Å². The largest absolute Gasteiger partial charge is 0.444 e. The average molecular weight is 309 g/mol. The predicted octanol–water partition coefficient (Wildman–Crippen LogP) is 2.73. The fraction of sp³-hybridized carbons (Fsp3) is 0.588. The van der Waals surface area contributed by atoms with Crippen molar-refractivity contribution in [2.75, 3.05) is 6.54 Å². The zero-order valence-electron chi connectivity index (χ0n) is 14.0. The van der Waals surface area contributed by atoms with Gasteiger partial charge in [-0.05, 0) is 37.8 Å². The zero-order chi connectivity index (χ0) is 16.9. The Kier molecular flexibility index (Phi) is 6.38. The van der Waals surface area contributed by atoms with E-state index in [1.807, 2.05) is 12.1 Å². The van der Waals surface area contributed by atoms with Crippen molar-refractivity contribution in [2.45, 2.75) is 58.3 Å². The van der Waals surface area contributed by atoms with Gasteiger partial charge < -0.3 is 20.3 Å². The van der Waals surface area contributed by atoms with Crippen molar-refractivity contribution in [1.82, 2.24) is 5.32 Å². The number of carbonyl (C=O) groups is 1. The van der Waals surface area contributed by atoms with Gasteiger partial charge in [0.15, 0.2) is 0 Å². The maximum absolute atomic E-state index is 11.5. The van der Waals surface area contributed by atoms with E-state index >= 15 is 0 Å². The van der Waals surface area contributed by atoms with Crippen LogP contribution in [-0.2, 0) is 4.74 Å². The first-order valence-corrected chi connectivity index (χ1v) is 7.53. The second-order valence-electron chi connectivity index (χ2n) is 6.72. The highest BCUT2D eigenvalue weighted by molar-refractivity contribution is 5.67. The van der Waals surface area contributed by atoms with Gasteiger partial charge in [-0.2, -0.15) is 0 Å². The summed E-state index contributed by atoms with van der Waals surface area (Å²) in [6.45, 7) is 9.37. The molecule has 0 bridgehead atoms. The van der Waals surface area contributed by atoms with Gasteiger partial charge in [-0.25, -0.2) is 4.79 Å². The van der Waals surface area contributed by atoms with Gasteiger partial charge in [-0.1, -0.05) is 38.1 Å². The molecule has 0 fully saturated rings. The molecule has 5 nitrogen and oxygen atoms in total. The van der Waals surface area contributed by atoms with Crippen molar-refractivity contribution in [3.05, 3.63) is 35.4 Å². The van der Waals surface area contributed by atoms with Crippen molar-refractivity contribution in [2.24, 2.45) is 0 Å². The Bertz CT molecular complexity index is 476. The highest BCUT2D eigenvalue weighted by Crippen LogP contribution is 2.20. The minimum absolute atomic E-state index is 0.0813. The molecule has 22 heavy (non-hydrogen) atoms. The first-order valence-electron chi connectivity index (χ1n) is 7.53. The fourth-order valence-corrected chi connectivity index (χ4v) is 1.91. The van der Waals surface area contributed by atoms with Crippen LogP contribution in [0.15, 0.2) is 24.3 Å². The third kappa shape index (κ3) is 6.03. The smallest absolute Gasteiger partial charge is 0.407 e. The van der Waals surface area contributed by atoms with Gasteiger partial charge in [0, 0.05) is 6.54 Å². The van der Waals surface area contributed by atoms with Crippen LogP contribution in [0.4, 0.5) is 4.79 Å². The SMILES string of the molecule is CC(C)c1ccc(C(O)C(O)CNC(=O)OC(C)(C)C)cc1. The number of carbonyl (C=O) groups excluding carboxylic acids is 1. The number of amides is 1. The highest BCUT2D eigenvalue weighted by atomic mass is 16.6. The Hall–Kier alpha value is -1.59. The maximum atomic E-state index is 11.5. The van der Waals surface area contributed by atoms with E-state index in [-0.39, 0.29) is 6.54 Å². The molecule has 0 aliphatic heterocycles. The second-order valence-corrected chi connectivity index (χ2v) is 6.72. The summed E-state index contributed by atoms with van der Waals surface area (Å²) in [7, 11) is 0. The van der Waals surface area contributed by atoms with E-state index in [1.54, 1.807) is 32.9 Å². The Balaban J connectivity index is 2.54. The zero-order valence-corrected chi connectivity index (χ0v) is 14.0. The fourth-order valence-electron chi connectivity index (χ4n) is 1.91. The number of hydrogen-bond donors (Lipinski definition) is 3. The normalized spacial score (nSPS) is 14.5. The summed E-state index contributed by atoms with van der Waals surface area (Å²) in [4.78, 5) is 11.5. The van der Waals surface area contributed by atoms with Crippen LogP contribution in [0.25, 0.3) is 0 Å². The molecule has 1 aromatic carbocycles. The molecule has 124 valence electrons. The van der Waals surface area contributed by atoms with Crippen LogP contribution in [0.3, 0.4) is 0 Å². The number of aliphatic hydroxyl groups is 2. The quantitative estimate of drug-likeness (QED) is 0.781. The Morgan fingerprint density at radius 3 is 2.09 bits per heavy atom. The van der Waals surface area contributed by atoms with Gasteiger partial charge in [-0.3, -0.25) is 0 Å². The lowest BCUT2D eigenvalue weighted by Gasteiger charge is -2.22. The van der Waals surface area contributed by atoms with Crippen LogP contribution < -0.4 is 5.32 Å². The molecule has 1 rings (SSSR count). The first-order chi connectivity index (χ1) is 10.1. The minimum Gasteiger partial charge on any atom is -0.444 e. The van der Waals surface area contributed by atoms with E-state index in [9.17, 15) is 15.0 Å². The molecule has 5 heteroatoms. The van der Waals surface area contributed by atoms with Gasteiger partial charge in [0.05, 0.1) is 0 Å². The van der Waals surface area contributed by atoms with E-state index in [0.29, 0.717) is 11.5 Å². The van der Waals surface area contributed by atoms with Crippen molar-refractivity contribution in [3.63, 3.8) is 0 Å². The van der Waals surface area contributed by atoms with Crippen molar-refractivity contribution in [1.29, 1.82) is 0 Å². The molecule has 0 saturated carbocycles. The first kappa shape index (κ1) is 18.5. The molecule has 2 unspecified atom stereocenters. The van der Waals surface area contributed by atoms with Crippen LogP contribution in [0, 0.1) is 0 Å². The Labute approximate surface area is 132 Å². The summed E-state index contributed by atoms with van der Waals surface area (Å²) in [5.74, 6) is 0.407. The molecular weight excluding hydrogens is 282 g/mol. The van der Waals surface area contributed by atoms with Gasteiger partial charge >= 0.3 is 6.09 Å². The van der Waals surface area contributed by atoms with Gasteiger partial charge in [0.2, 0.25) is 0 Å². The van der Waals surface area contributed by atoms with Gasteiger partial charge in [-0.15, -0.1) is 0 Å².